The van der Waals surface area contributed by atoms with Crippen LogP contribution >= 0.6 is 7.75 Å². The number of nitrogens with one attached hydrogen (secondary N) is 1. The van der Waals surface area contributed by atoms with Gasteiger partial charge in [-0.1, -0.05) is 75.2 Å². The van der Waals surface area contributed by atoms with Crippen LogP contribution in [0.25, 0.3) is 5.52 Å². The van der Waals surface area contributed by atoms with Gasteiger partial charge in [0, 0.05) is 0 Å². The minimum absolute atomic E-state index is 0.0400. The lowest BCUT2D eigenvalue weighted by molar-refractivity contribution is -0.158. The second-order valence-corrected chi connectivity index (χ2v) is 14.0. The summed E-state index contributed by atoms with van der Waals surface area (Å²) >= 11 is 0. The predicted molar refractivity (Wildman–Crippen MR) is 187 cm³/mol. The van der Waals surface area contributed by atoms with Crippen molar-refractivity contribution < 1.29 is 42.5 Å². The molecule has 5 rings (SSSR count). The van der Waals surface area contributed by atoms with Crippen LogP contribution < -0.4 is 21.1 Å². The van der Waals surface area contributed by atoms with E-state index in [1.807, 2.05) is 19.9 Å². The summed E-state index contributed by atoms with van der Waals surface area (Å²) < 4.78 is 44.7. The van der Waals surface area contributed by atoms with E-state index in [0.29, 0.717) is 11.1 Å². The number of hydrogen-bond donors (Lipinski definition) is 4. The van der Waals surface area contributed by atoms with Gasteiger partial charge in [-0.05, 0) is 42.7 Å². The quantitative estimate of drug-likeness (QED) is 0.0951. The molecule has 52 heavy (non-hydrogen) atoms. The van der Waals surface area contributed by atoms with Crippen molar-refractivity contribution in [2.75, 3.05) is 18.9 Å². The van der Waals surface area contributed by atoms with Crippen molar-refractivity contribution in [2.24, 2.45) is 11.7 Å². The number of esters is 2. The fourth-order valence-corrected chi connectivity index (χ4v) is 7.20. The summed E-state index contributed by atoms with van der Waals surface area (Å²) in [5, 5.41) is 29.2. The number of aromatic nitrogens is 3. The number of aliphatic hydroxyl groups excluding tert-OH is 1. The predicted octanol–water partition coefficient (Wildman–Crippen LogP) is 3.56. The normalized spacial score (nSPS) is 22.3. The molecular formula is C35H42N7O9P. The average Bonchev–Trinajstić information content (AvgIpc) is 3.71. The first-order valence-corrected chi connectivity index (χ1v) is 18.3. The van der Waals surface area contributed by atoms with Crippen LogP contribution in [0, 0.1) is 17.2 Å². The third-order valence-electron chi connectivity index (χ3n) is 8.82. The first-order valence-electron chi connectivity index (χ1n) is 16.8. The van der Waals surface area contributed by atoms with Gasteiger partial charge in [0.2, 0.25) is 5.60 Å². The maximum absolute atomic E-state index is 14.4. The van der Waals surface area contributed by atoms with Gasteiger partial charge in [0.15, 0.2) is 11.9 Å². The molecule has 6 N–H and O–H groups in total. The number of nitriles is 1. The average molecular weight is 736 g/mol. The lowest BCUT2D eigenvalue weighted by Crippen LogP contribution is -2.44. The number of nitrogens with two attached hydrogens (primary N) is 2. The number of fused-ring (bicyclic) bond motifs is 1. The number of anilines is 1. The summed E-state index contributed by atoms with van der Waals surface area (Å²) in [7, 11) is -4.47. The third-order valence-corrected chi connectivity index (χ3v) is 10.5. The van der Waals surface area contributed by atoms with Gasteiger partial charge in [0.05, 0.1) is 18.9 Å². The first-order chi connectivity index (χ1) is 24.9. The van der Waals surface area contributed by atoms with Crippen LogP contribution in [0.3, 0.4) is 0 Å². The lowest BCUT2D eigenvalue weighted by atomic mass is 9.92. The van der Waals surface area contributed by atoms with Gasteiger partial charge in [-0.25, -0.2) is 18.9 Å². The Morgan fingerprint density at radius 3 is 2.42 bits per heavy atom. The standard InChI is InChI=1S/C35H42N7O9P/c1-4-23(5-2)18-47-33(44)22(3)41-52(46,51-25-14-10-7-11-15-25)48-19-27-30(49-34(45)29(37)24-12-8-6-9-13-24)31(43)35(20-36,50-27)28-17-16-26-32(38)39-21-40-42(26)28/h6-17,21-23,27,29-31,43H,4-5,18-19,37H2,1-3H3,(H,41,46)(H2,38,39,40)/t22-,27+,29+,30+,31+,35-,52-/m0/s1. The number of rotatable bonds is 16. The smallest absolute Gasteiger partial charge is 0.459 e. The number of aliphatic hydroxyl groups is 1. The molecule has 3 heterocycles. The lowest BCUT2D eigenvalue weighted by Gasteiger charge is -2.26. The van der Waals surface area contributed by atoms with Crippen molar-refractivity contribution in [3.63, 3.8) is 0 Å². The topological polar surface area (TPSA) is 236 Å². The molecule has 2 aromatic heterocycles. The molecular weight excluding hydrogens is 693 g/mol. The number of para-hydroxylation sites is 1. The molecule has 1 fully saturated rings. The molecule has 0 bridgehead atoms. The van der Waals surface area contributed by atoms with Crippen molar-refractivity contribution in [1.82, 2.24) is 19.7 Å². The minimum Gasteiger partial charge on any atom is -0.464 e. The van der Waals surface area contributed by atoms with E-state index in [1.54, 1.807) is 48.5 Å². The second-order valence-electron chi connectivity index (χ2n) is 12.3. The van der Waals surface area contributed by atoms with E-state index >= 15 is 0 Å². The molecule has 16 nitrogen and oxygen atoms in total. The van der Waals surface area contributed by atoms with Gasteiger partial charge < -0.3 is 35.3 Å². The Labute approximate surface area is 300 Å². The molecule has 0 saturated carbocycles. The van der Waals surface area contributed by atoms with Gasteiger partial charge in [-0.3, -0.25) is 9.32 Å². The Kier molecular flexibility index (Phi) is 12.3. The molecule has 0 amide bonds. The number of hydrogen-bond acceptors (Lipinski definition) is 14. The molecule has 0 radical (unpaired) electrons. The fourth-order valence-electron chi connectivity index (χ4n) is 5.70. The van der Waals surface area contributed by atoms with Crippen LogP contribution in [-0.2, 0) is 38.5 Å². The van der Waals surface area contributed by atoms with E-state index in [1.165, 1.54) is 35.7 Å². The Hall–Kier alpha value is -4.88. The van der Waals surface area contributed by atoms with E-state index < -0.39 is 62.3 Å². The van der Waals surface area contributed by atoms with Crippen molar-refractivity contribution >= 4 is 31.0 Å². The minimum atomic E-state index is -4.47. The largest absolute Gasteiger partial charge is 0.464 e. The van der Waals surface area contributed by atoms with Gasteiger partial charge in [0.1, 0.15) is 48.0 Å². The van der Waals surface area contributed by atoms with E-state index in [2.05, 4.69) is 15.2 Å². The summed E-state index contributed by atoms with van der Waals surface area (Å²) in [6, 6.07) is 19.0. The zero-order chi connectivity index (χ0) is 37.5. The zero-order valence-electron chi connectivity index (χ0n) is 28.9. The molecule has 0 spiro atoms. The van der Waals surface area contributed by atoms with Crippen LogP contribution in [0.2, 0.25) is 0 Å². The monoisotopic (exact) mass is 735 g/mol. The van der Waals surface area contributed by atoms with Crippen molar-refractivity contribution in [3.8, 4) is 11.8 Å². The van der Waals surface area contributed by atoms with Crippen molar-refractivity contribution in [3.05, 3.63) is 90.4 Å². The van der Waals surface area contributed by atoms with Crippen LogP contribution in [0.1, 0.15) is 50.9 Å². The van der Waals surface area contributed by atoms with E-state index in [4.69, 9.17) is 34.7 Å². The summed E-state index contributed by atoms with van der Waals surface area (Å²) in [4.78, 5) is 30.3. The number of benzene rings is 2. The highest BCUT2D eigenvalue weighted by molar-refractivity contribution is 7.52. The number of nitrogen functional groups attached to an aromatic ring is 1. The Morgan fingerprint density at radius 1 is 1.10 bits per heavy atom. The van der Waals surface area contributed by atoms with Crippen LogP contribution in [0.4, 0.5) is 5.82 Å². The zero-order valence-corrected chi connectivity index (χ0v) is 29.8. The maximum Gasteiger partial charge on any atom is 0.459 e. The Balaban J connectivity index is 1.45. The van der Waals surface area contributed by atoms with E-state index in [9.17, 15) is 24.5 Å². The van der Waals surface area contributed by atoms with E-state index in [-0.39, 0.29) is 29.8 Å². The third kappa shape index (κ3) is 8.26. The van der Waals surface area contributed by atoms with Crippen LogP contribution in [0.5, 0.6) is 5.75 Å². The summed E-state index contributed by atoms with van der Waals surface area (Å²) in [6.45, 7) is 4.92. The number of ether oxygens (including phenoxy) is 3. The molecule has 1 saturated heterocycles. The SMILES string of the molecule is CCC(CC)COC(=O)[C@H](C)N[P@](=O)(OC[C@H]1O[C@@](C#N)(c2ccc3c(N)ncnn23)[C@H](O)[C@@H]1OC(=O)[C@H](N)c1ccccc1)Oc1ccccc1. The summed E-state index contributed by atoms with van der Waals surface area (Å²) in [6.07, 6.45) is -2.12. The molecule has 0 aliphatic carbocycles. The van der Waals surface area contributed by atoms with Crippen LogP contribution in [-0.4, -0.2) is 69.2 Å². The van der Waals surface area contributed by atoms with Crippen molar-refractivity contribution in [1.29, 1.82) is 5.26 Å². The van der Waals surface area contributed by atoms with Gasteiger partial charge >= 0.3 is 19.7 Å². The molecule has 7 atom stereocenters. The van der Waals surface area contributed by atoms with Gasteiger partial charge in [0.25, 0.3) is 0 Å². The number of carbonyl (C=O) groups excluding carboxylic acids is 2. The molecule has 2 aromatic carbocycles. The summed E-state index contributed by atoms with van der Waals surface area (Å²) in [5.74, 6) is -1.24. The molecule has 0 unspecified atom stereocenters. The molecule has 17 heteroatoms. The summed E-state index contributed by atoms with van der Waals surface area (Å²) in [5.41, 5.74) is 10.8. The molecule has 4 aromatic rings. The maximum atomic E-state index is 14.4. The van der Waals surface area contributed by atoms with Crippen LogP contribution in [0.15, 0.2) is 79.1 Å². The Morgan fingerprint density at radius 2 is 1.77 bits per heavy atom. The molecule has 1 aliphatic rings. The second kappa shape index (κ2) is 16.6. The van der Waals surface area contributed by atoms with Gasteiger partial charge in [-0.2, -0.15) is 15.4 Å². The highest BCUT2D eigenvalue weighted by atomic mass is 31.2. The molecule has 1 aliphatic heterocycles. The highest BCUT2D eigenvalue weighted by Crippen LogP contribution is 2.48. The first kappa shape index (κ1) is 38.4. The van der Waals surface area contributed by atoms with Crippen molar-refractivity contribution in [2.45, 2.75) is 69.6 Å². The fraction of sp³-hybridized carbons (Fsp3) is 0.400. The number of carbonyl (C=O) groups is 2. The highest BCUT2D eigenvalue weighted by Gasteiger charge is 2.60. The Bertz CT molecular complexity index is 1920. The number of nitrogens with zero attached hydrogens (tertiary/aromatic N) is 4. The van der Waals surface area contributed by atoms with E-state index in [0.717, 1.165) is 19.2 Å². The van der Waals surface area contributed by atoms with Gasteiger partial charge in [-0.15, -0.1) is 0 Å². The molecule has 276 valence electrons.